The van der Waals surface area contributed by atoms with Gasteiger partial charge in [-0.3, -0.25) is 9.69 Å². The molecule has 0 spiro atoms. The second kappa shape index (κ2) is 7.51. The Hall–Kier alpha value is -2.69. The molecule has 1 amide bonds. The minimum atomic E-state index is -0.152. The van der Waals surface area contributed by atoms with Gasteiger partial charge in [0.2, 0.25) is 0 Å². The Morgan fingerprint density at radius 1 is 1.00 bits per heavy atom. The predicted octanol–water partition coefficient (Wildman–Crippen LogP) is 6.11. The van der Waals surface area contributed by atoms with Gasteiger partial charge in [0.05, 0.1) is 27.3 Å². The number of anilines is 1. The minimum absolute atomic E-state index is 0.152. The second-order valence-electron chi connectivity index (χ2n) is 6.27. The first-order chi connectivity index (χ1) is 13.1. The molecule has 0 aliphatic carbocycles. The zero-order valence-corrected chi connectivity index (χ0v) is 16.3. The van der Waals surface area contributed by atoms with E-state index in [0.717, 1.165) is 21.3 Å². The maximum atomic E-state index is 13.3. The quantitative estimate of drug-likeness (QED) is 0.420. The first-order valence-corrected chi connectivity index (χ1v) is 9.79. The summed E-state index contributed by atoms with van der Waals surface area (Å²) in [5.41, 5.74) is 3.54. The number of amides is 1. The molecule has 134 valence electrons. The van der Waals surface area contributed by atoms with Gasteiger partial charge in [-0.2, -0.15) is 0 Å². The zero-order chi connectivity index (χ0) is 18.8. The third-order valence-corrected chi connectivity index (χ3v) is 5.75. The Bertz CT molecular complexity index is 1110. The summed E-state index contributed by atoms with van der Waals surface area (Å²) in [5, 5.41) is 1.12. The molecule has 1 aromatic heterocycles. The highest BCUT2D eigenvalue weighted by atomic mass is 35.5. The average Bonchev–Trinajstić information content (AvgIpc) is 3.12. The second-order valence-corrected chi connectivity index (χ2v) is 7.69. The molecule has 0 fully saturated rings. The molecule has 5 heteroatoms. The Balaban J connectivity index is 1.81. The van der Waals surface area contributed by atoms with E-state index in [1.165, 1.54) is 11.3 Å². The van der Waals surface area contributed by atoms with Crippen molar-refractivity contribution in [3.63, 3.8) is 0 Å². The molecule has 0 unspecified atom stereocenters. The highest BCUT2D eigenvalue weighted by Gasteiger charge is 2.23. The number of nitrogens with zero attached hydrogens (tertiary/aromatic N) is 2. The molecule has 0 saturated heterocycles. The van der Waals surface area contributed by atoms with Crippen molar-refractivity contribution in [2.45, 2.75) is 13.5 Å². The lowest BCUT2D eigenvalue weighted by Gasteiger charge is -2.20. The van der Waals surface area contributed by atoms with Crippen LogP contribution in [0, 0.1) is 6.92 Å². The van der Waals surface area contributed by atoms with Gasteiger partial charge in [0, 0.05) is 0 Å². The molecule has 4 rings (SSSR count). The average molecular weight is 393 g/mol. The van der Waals surface area contributed by atoms with Gasteiger partial charge in [0.1, 0.15) is 0 Å². The van der Waals surface area contributed by atoms with Crippen LogP contribution in [0.15, 0.2) is 72.8 Å². The van der Waals surface area contributed by atoms with E-state index in [4.69, 9.17) is 16.6 Å². The van der Waals surface area contributed by atoms with Crippen molar-refractivity contribution in [2.75, 3.05) is 4.90 Å². The number of aryl methyl sites for hydroxylation is 1. The lowest BCUT2D eigenvalue weighted by Crippen LogP contribution is -2.30. The molecule has 0 aliphatic rings. The van der Waals surface area contributed by atoms with Crippen molar-refractivity contribution in [3.05, 3.63) is 94.5 Å². The summed E-state index contributed by atoms with van der Waals surface area (Å²) in [6, 6.07) is 23.1. The fourth-order valence-corrected chi connectivity index (χ4v) is 4.22. The van der Waals surface area contributed by atoms with Gasteiger partial charge in [-0.05, 0) is 36.2 Å². The predicted molar refractivity (Wildman–Crippen MR) is 113 cm³/mol. The fourth-order valence-electron chi connectivity index (χ4n) is 2.96. The van der Waals surface area contributed by atoms with E-state index in [1.807, 2.05) is 67.6 Å². The van der Waals surface area contributed by atoms with Crippen LogP contribution in [0.5, 0.6) is 0 Å². The van der Waals surface area contributed by atoms with Crippen molar-refractivity contribution in [1.29, 1.82) is 0 Å². The Morgan fingerprint density at radius 2 is 1.74 bits per heavy atom. The van der Waals surface area contributed by atoms with Crippen LogP contribution in [0.1, 0.15) is 21.5 Å². The summed E-state index contributed by atoms with van der Waals surface area (Å²) < 4.78 is 1.06. The molecule has 0 radical (unpaired) electrons. The van der Waals surface area contributed by atoms with Crippen LogP contribution in [0.3, 0.4) is 0 Å². The molecule has 0 saturated carbocycles. The molecule has 27 heavy (non-hydrogen) atoms. The van der Waals surface area contributed by atoms with E-state index >= 15 is 0 Å². The van der Waals surface area contributed by atoms with Gasteiger partial charge in [-0.15, -0.1) is 0 Å². The summed E-state index contributed by atoms with van der Waals surface area (Å²) in [7, 11) is 0. The van der Waals surface area contributed by atoms with E-state index in [2.05, 4.69) is 0 Å². The molecular weight excluding hydrogens is 376 g/mol. The van der Waals surface area contributed by atoms with Crippen molar-refractivity contribution >= 4 is 44.2 Å². The van der Waals surface area contributed by atoms with E-state index in [0.29, 0.717) is 22.3 Å². The van der Waals surface area contributed by atoms with Crippen molar-refractivity contribution in [2.24, 2.45) is 0 Å². The third kappa shape index (κ3) is 3.59. The molecule has 0 atom stereocenters. The summed E-state index contributed by atoms with van der Waals surface area (Å²) in [5.74, 6) is -0.152. The van der Waals surface area contributed by atoms with Gasteiger partial charge in [0.15, 0.2) is 5.13 Å². The number of thiazole rings is 1. The molecule has 0 N–H and O–H groups in total. The molecule has 0 bridgehead atoms. The molecule has 4 aromatic rings. The highest BCUT2D eigenvalue weighted by Crippen LogP contribution is 2.33. The number of aromatic nitrogens is 1. The Kier molecular flexibility index (Phi) is 4.92. The SMILES string of the molecule is Cc1cccc2sc(N(Cc3ccccc3)C(=O)c3ccccc3Cl)nc12. The first-order valence-electron chi connectivity index (χ1n) is 8.60. The number of fused-ring (bicyclic) bond motifs is 1. The summed E-state index contributed by atoms with van der Waals surface area (Å²) >= 11 is 7.81. The molecular formula is C22H17ClN2OS. The summed E-state index contributed by atoms with van der Waals surface area (Å²) in [6.07, 6.45) is 0. The lowest BCUT2D eigenvalue weighted by molar-refractivity contribution is 0.0985. The number of carbonyl (C=O) groups is 1. The maximum absolute atomic E-state index is 13.3. The van der Waals surface area contributed by atoms with Gasteiger partial charge >= 0.3 is 0 Å². The number of benzene rings is 3. The summed E-state index contributed by atoms with van der Waals surface area (Å²) in [6.45, 7) is 2.47. The number of rotatable bonds is 4. The topological polar surface area (TPSA) is 33.2 Å². The van der Waals surface area contributed by atoms with Crippen LogP contribution < -0.4 is 4.90 Å². The van der Waals surface area contributed by atoms with Crippen LogP contribution in [0.25, 0.3) is 10.2 Å². The van der Waals surface area contributed by atoms with Crippen LogP contribution in [0.2, 0.25) is 5.02 Å². The molecule has 1 heterocycles. The Labute approximate surface area is 166 Å². The maximum Gasteiger partial charge on any atom is 0.261 e. The van der Waals surface area contributed by atoms with Crippen molar-refractivity contribution < 1.29 is 4.79 Å². The van der Waals surface area contributed by atoms with Crippen LogP contribution in [0.4, 0.5) is 5.13 Å². The van der Waals surface area contributed by atoms with Crippen LogP contribution in [-0.4, -0.2) is 10.9 Å². The zero-order valence-electron chi connectivity index (χ0n) is 14.7. The number of halogens is 1. The van der Waals surface area contributed by atoms with E-state index in [1.54, 1.807) is 17.0 Å². The van der Waals surface area contributed by atoms with Crippen LogP contribution in [-0.2, 0) is 6.54 Å². The van der Waals surface area contributed by atoms with Gasteiger partial charge < -0.3 is 0 Å². The monoisotopic (exact) mass is 392 g/mol. The number of hydrogen-bond donors (Lipinski definition) is 0. The van der Waals surface area contributed by atoms with E-state index < -0.39 is 0 Å². The fraction of sp³-hybridized carbons (Fsp3) is 0.0909. The van der Waals surface area contributed by atoms with Gasteiger partial charge in [-0.25, -0.2) is 4.98 Å². The first kappa shape index (κ1) is 17.7. The number of carbonyl (C=O) groups excluding carboxylic acids is 1. The molecule has 3 nitrogen and oxygen atoms in total. The largest absolute Gasteiger partial charge is 0.279 e. The molecule has 0 aliphatic heterocycles. The van der Waals surface area contributed by atoms with Crippen molar-refractivity contribution in [3.8, 4) is 0 Å². The van der Waals surface area contributed by atoms with Crippen molar-refractivity contribution in [1.82, 2.24) is 4.98 Å². The standard InChI is InChI=1S/C22H17ClN2OS/c1-15-8-7-13-19-20(15)24-22(27-19)25(14-16-9-3-2-4-10-16)21(26)17-11-5-6-12-18(17)23/h2-13H,14H2,1H3. The molecule has 3 aromatic carbocycles. The lowest BCUT2D eigenvalue weighted by atomic mass is 10.1. The summed E-state index contributed by atoms with van der Waals surface area (Å²) in [4.78, 5) is 19.8. The normalized spacial score (nSPS) is 10.9. The number of hydrogen-bond acceptors (Lipinski definition) is 3. The number of para-hydroxylation sites is 1. The van der Waals surface area contributed by atoms with Crippen LogP contribution >= 0.6 is 22.9 Å². The van der Waals surface area contributed by atoms with E-state index in [9.17, 15) is 4.79 Å². The Morgan fingerprint density at radius 3 is 2.48 bits per heavy atom. The van der Waals surface area contributed by atoms with E-state index in [-0.39, 0.29) is 5.91 Å². The van der Waals surface area contributed by atoms with Gasteiger partial charge in [0.25, 0.3) is 5.91 Å². The smallest absolute Gasteiger partial charge is 0.261 e. The van der Waals surface area contributed by atoms with Gasteiger partial charge in [-0.1, -0.05) is 77.5 Å². The minimum Gasteiger partial charge on any atom is -0.279 e. The third-order valence-electron chi connectivity index (χ3n) is 4.37. The highest BCUT2D eigenvalue weighted by molar-refractivity contribution is 7.22.